The van der Waals surface area contributed by atoms with Gasteiger partial charge in [0.2, 0.25) is 0 Å². The Morgan fingerprint density at radius 1 is 1.20 bits per heavy atom. The standard InChI is InChI=1S/C13H19NS/c14-10-11-5-4-8-13(9-11)15-12-6-2-1-3-7-12/h4-5,8-9,12H,1-3,6-7,10,14H2. The van der Waals surface area contributed by atoms with E-state index in [0.717, 1.165) is 5.25 Å². The minimum absolute atomic E-state index is 0.652. The third kappa shape index (κ3) is 3.25. The lowest BCUT2D eigenvalue weighted by Gasteiger charge is -2.21. The van der Waals surface area contributed by atoms with E-state index in [1.165, 1.54) is 42.6 Å². The highest BCUT2D eigenvalue weighted by Gasteiger charge is 2.14. The quantitative estimate of drug-likeness (QED) is 0.844. The van der Waals surface area contributed by atoms with Crippen molar-refractivity contribution in [2.45, 2.75) is 48.8 Å². The molecule has 2 N–H and O–H groups in total. The molecule has 0 heterocycles. The number of rotatable bonds is 3. The normalized spacial score (nSPS) is 17.9. The van der Waals surface area contributed by atoms with Gasteiger partial charge in [0.05, 0.1) is 0 Å². The fourth-order valence-electron chi connectivity index (χ4n) is 2.12. The van der Waals surface area contributed by atoms with Crippen molar-refractivity contribution in [2.24, 2.45) is 5.73 Å². The van der Waals surface area contributed by atoms with Crippen LogP contribution in [0.15, 0.2) is 29.2 Å². The lowest BCUT2D eigenvalue weighted by molar-refractivity contribution is 0.516. The van der Waals surface area contributed by atoms with E-state index in [4.69, 9.17) is 5.73 Å². The van der Waals surface area contributed by atoms with Crippen LogP contribution < -0.4 is 5.73 Å². The van der Waals surface area contributed by atoms with Crippen molar-refractivity contribution in [2.75, 3.05) is 0 Å². The van der Waals surface area contributed by atoms with Crippen LogP contribution in [0, 0.1) is 0 Å². The first-order valence-electron chi connectivity index (χ1n) is 5.84. The van der Waals surface area contributed by atoms with Gasteiger partial charge in [-0.2, -0.15) is 0 Å². The zero-order valence-electron chi connectivity index (χ0n) is 9.11. The Bertz CT molecular complexity index is 305. The third-order valence-corrected chi connectivity index (χ3v) is 4.32. The molecule has 0 spiro atoms. The Balaban J connectivity index is 1.96. The molecule has 1 aromatic carbocycles. The van der Waals surface area contributed by atoms with Crippen molar-refractivity contribution < 1.29 is 0 Å². The molecule has 2 rings (SSSR count). The minimum Gasteiger partial charge on any atom is -0.326 e. The van der Waals surface area contributed by atoms with Crippen LogP contribution in [0.25, 0.3) is 0 Å². The van der Waals surface area contributed by atoms with Crippen molar-refractivity contribution >= 4 is 11.8 Å². The number of thioether (sulfide) groups is 1. The van der Waals surface area contributed by atoms with E-state index in [1.807, 2.05) is 11.8 Å². The largest absolute Gasteiger partial charge is 0.326 e. The number of nitrogens with two attached hydrogens (primary N) is 1. The van der Waals surface area contributed by atoms with Crippen LogP contribution in [0.1, 0.15) is 37.7 Å². The van der Waals surface area contributed by atoms with Gasteiger partial charge in [0.15, 0.2) is 0 Å². The molecule has 82 valence electrons. The van der Waals surface area contributed by atoms with Crippen molar-refractivity contribution in [3.63, 3.8) is 0 Å². The molecule has 1 fully saturated rings. The molecule has 0 unspecified atom stereocenters. The molecule has 0 saturated heterocycles. The van der Waals surface area contributed by atoms with Gasteiger partial charge in [-0.25, -0.2) is 0 Å². The molecular formula is C13H19NS. The summed E-state index contributed by atoms with van der Waals surface area (Å²) in [6.07, 6.45) is 7.03. The van der Waals surface area contributed by atoms with Gasteiger partial charge in [-0.3, -0.25) is 0 Å². The van der Waals surface area contributed by atoms with E-state index < -0.39 is 0 Å². The summed E-state index contributed by atoms with van der Waals surface area (Å²) in [6.45, 7) is 0.652. The Labute approximate surface area is 96.4 Å². The van der Waals surface area contributed by atoms with E-state index in [-0.39, 0.29) is 0 Å². The molecule has 2 heteroatoms. The third-order valence-electron chi connectivity index (χ3n) is 2.99. The van der Waals surface area contributed by atoms with E-state index >= 15 is 0 Å². The lowest BCUT2D eigenvalue weighted by Crippen LogP contribution is -2.07. The Hall–Kier alpha value is -0.470. The van der Waals surface area contributed by atoms with E-state index in [1.54, 1.807) is 0 Å². The van der Waals surface area contributed by atoms with Crippen molar-refractivity contribution in [3.05, 3.63) is 29.8 Å². The summed E-state index contributed by atoms with van der Waals surface area (Å²) in [7, 11) is 0. The van der Waals surface area contributed by atoms with Crippen LogP contribution in [0.2, 0.25) is 0 Å². The van der Waals surface area contributed by atoms with Gasteiger partial charge < -0.3 is 5.73 Å². The molecule has 0 radical (unpaired) electrons. The summed E-state index contributed by atoms with van der Waals surface area (Å²) < 4.78 is 0. The van der Waals surface area contributed by atoms with Gasteiger partial charge >= 0.3 is 0 Å². The minimum atomic E-state index is 0.652. The smallest absolute Gasteiger partial charge is 0.0178 e. The van der Waals surface area contributed by atoms with Gasteiger partial charge in [0, 0.05) is 16.7 Å². The van der Waals surface area contributed by atoms with Crippen molar-refractivity contribution in [3.8, 4) is 0 Å². The molecule has 15 heavy (non-hydrogen) atoms. The fourth-order valence-corrected chi connectivity index (χ4v) is 3.45. The molecule has 0 aliphatic heterocycles. The van der Waals surface area contributed by atoms with Crippen LogP contribution in [0.3, 0.4) is 0 Å². The monoisotopic (exact) mass is 221 g/mol. The van der Waals surface area contributed by atoms with Gasteiger partial charge in [-0.05, 0) is 30.5 Å². The summed E-state index contributed by atoms with van der Waals surface area (Å²) in [6, 6.07) is 8.66. The van der Waals surface area contributed by atoms with Gasteiger partial charge in [-0.1, -0.05) is 31.4 Å². The average Bonchev–Trinajstić information content (AvgIpc) is 2.31. The van der Waals surface area contributed by atoms with Gasteiger partial charge in [0.25, 0.3) is 0 Å². The molecule has 0 amide bonds. The van der Waals surface area contributed by atoms with Crippen LogP contribution in [-0.4, -0.2) is 5.25 Å². The van der Waals surface area contributed by atoms with Crippen LogP contribution in [0.5, 0.6) is 0 Å². The van der Waals surface area contributed by atoms with Crippen LogP contribution in [-0.2, 0) is 6.54 Å². The maximum absolute atomic E-state index is 5.64. The predicted octanol–water partition coefficient (Wildman–Crippen LogP) is 3.57. The van der Waals surface area contributed by atoms with Crippen LogP contribution >= 0.6 is 11.8 Å². The average molecular weight is 221 g/mol. The van der Waals surface area contributed by atoms with Gasteiger partial charge in [0.1, 0.15) is 0 Å². The summed E-state index contributed by atoms with van der Waals surface area (Å²) in [5.41, 5.74) is 6.89. The Morgan fingerprint density at radius 2 is 2.00 bits per heavy atom. The topological polar surface area (TPSA) is 26.0 Å². The molecule has 1 aliphatic carbocycles. The van der Waals surface area contributed by atoms with Crippen molar-refractivity contribution in [1.82, 2.24) is 0 Å². The molecule has 1 saturated carbocycles. The summed E-state index contributed by atoms with van der Waals surface area (Å²) in [5.74, 6) is 0. The highest BCUT2D eigenvalue weighted by molar-refractivity contribution is 8.00. The highest BCUT2D eigenvalue weighted by atomic mass is 32.2. The molecule has 1 aromatic rings. The number of benzene rings is 1. The zero-order valence-corrected chi connectivity index (χ0v) is 9.93. The molecule has 0 bridgehead atoms. The summed E-state index contributed by atoms with van der Waals surface area (Å²) in [4.78, 5) is 1.39. The second-order valence-corrected chi connectivity index (χ2v) is 5.60. The zero-order chi connectivity index (χ0) is 10.5. The molecular weight excluding hydrogens is 202 g/mol. The Kier molecular flexibility index (Phi) is 4.09. The van der Waals surface area contributed by atoms with Crippen molar-refractivity contribution in [1.29, 1.82) is 0 Å². The Morgan fingerprint density at radius 3 is 2.73 bits per heavy atom. The first kappa shape index (κ1) is 11.0. The van der Waals surface area contributed by atoms with E-state index in [9.17, 15) is 0 Å². The molecule has 0 aromatic heterocycles. The fraction of sp³-hybridized carbons (Fsp3) is 0.538. The molecule has 1 nitrogen and oxygen atoms in total. The number of hydrogen-bond donors (Lipinski definition) is 1. The summed E-state index contributed by atoms with van der Waals surface area (Å²) in [5, 5.41) is 0.840. The van der Waals surface area contributed by atoms with E-state index in [2.05, 4.69) is 24.3 Å². The van der Waals surface area contributed by atoms with E-state index in [0.29, 0.717) is 6.54 Å². The summed E-state index contributed by atoms with van der Waals surface area (Å²) >= 11 is 2.04. The first-order chi connectivity index (χ1) is 7.38. The highest BCUT2D eigenvalue weighted by Crippen LogP contribution is 2.33. The molecule has 0 atom stereocenters. The second kappa shape index (κ2) is 5.57. The predicted molar refractivity (Wildman–Crippen MR) is 67.1 cm³/mol. The van der Waals surface area contributed by atoms with Crippen LogP contribution in [0.4, 0.5) is 0 Å². The second-order valence-electron chi connectivity index (χ2n) is 4.23. The maximum atomic E-state index is 5.64. The van der Waals surface area contributed by atoms with Gasteiger partial charge in [-0.15, -0.1) is 11.8 Å². The maximum Gasteiger partial charge on any atom is 0.0178 e. The number of hydrogen-bond acceptors (Lipinski definition) is 2. The lowest BCUT2D eigenvalue weighted by atomic mass is 10.0. The first-order valence-corrected chi connectivity index (χ1v) is 6.72. The molecule has 1 aliphatic rings. The SMILES string of the molecule is NCc1cccc(SC2CCCCC2)c1.